The van der Waals surface area contributed by atoms with Crippen LogP contribution < -0.4 is 4.74 Å². The molecule has 1 spiro atoms. The van der Waals surface area contributed by atoms with E-state index in [2.05, 4.69) is 158 Å². The number of para-hydroxylation sites is 1. The Balaban J connectivity index is 1.21. The molecule has 0 amide bonds. The molecule has 2 aliphatic rings. The Kier molecular flexibility index (Phi) is 5.14. The summed E-state index contributed by atoms with van der Waals surface area (Å²) in [5, 5.41) is 2.63. The summed E-state index contributed by atoms with van der Waals surface area (Å²) in [5.74, 6) is 1.82. The van der Waals surface area contributed by atoms with Crippen molar-refractivity contribution in [2.75, 3.05) is 0 Å². The lowest BCUT2D eigenvalue weighted by Crippen LogP contribution is -2.32. The van der Waals surface area contributed by atoms with Gasteiger partial charge >= 0.3 is 0 Å². The molecule has 1 aliphatic heterocycles. The molecule has 8 aromatic rings. The van der Waals surface area contributed by atoms with Crippen molar-refractivity contribution in [3.63, 3.8) is 0 Å². The molecule has 0 radical (unpaired) electrons. The highest BCUT2D eigenvalue weighted by Gasteiger charge is 2.50. The van der Waals surface area contributed by atoms with Crippen molar-refractivity contribution in [3.05, 3.63) is 180 Å². The third-order valence-electron chi connectivity index (χ3n) is 9.78. The van der Waals surface area contributed by atoms with Crippen molar-refractivity contribution >= 4 is 31.5 Å². The molecule has 1 nitrogen and oxygen atoms in total. The lowest BCUT2D eigenvalue weighted by Gasteiger charge is -2.39. The molecule has 210 valence electrons. The van der Waals surface area contributed by atoms with Crippen LogP contribution in [-0.4, -0.2) is 0 Å². The number of benzene rings is 7. The zero-order chi connectivity index (χ0) is 29.5. The van der Waals surface area contributed by atoms with Gasteiger partial charge in [0.15, 0.2) is 0 Å². The molecule has 0 saturated heterocycles. The number of hydrogen-bond donors (Lipinski definition) is 0. The van der Waals surface area contributed by atoms with Gasteiger partial charge in [-0.2, -0.15) is 0 Å². The van der Waals surface area contributed by atoms with E-state index in [1.54, 1.807) is 0 Å². The summed E-state index contributed by atoms with van der Waals surface area (Å²) < 4.78 is 9.46. The number of hydrogen-bond acceptors (Lipinski definition) is 2. The Morgan fingerprint density at radius 2 is 0.978 bits per heavy atom. The van der Waals surface area contributed by atoms with Crippen molar-refractivity contribution in [1.29, 1.82) is 0 Å². The summed E-state index contributed by atoms with van der Waals surface area (Å²) in [6, 6.07) is 57.5. The SMILES string of the molecule is c1ccc2c(c1)Oc1cc(-c3ccccc3-c3cccc4c3sc3ccccc34)ccc1C21c2ccccc2-c2ccccc21. The normalized spacial score (nSPS) is 13.7. The van der Waals surface area contributed by atoms with E-state index in [1.165, 1.54) is 70.2 Å². The summed E-state index contributed by atoms with van der Waals surface area (Å²) in [7, 11) is 0. The highest BCUT2D eigenvalue weighted by atomic mass is 32.1. The van der Waals surface area contributed by atoms with Gasteiger partial charge in [-0.15, -0.1) is 11.3 Å². The van der Waals surface area contributed by atoms with E-state index in [4.69, 9.17) is 4.74 Å². The van der Waals surface area contributed by atoms with Gasteiger partial charge in [0.1, 0.15) is 11.5 Å². The number of rotatable bonds is 2. The zero-order valence-corrected chi connectivity index (χ0v) is 25.1. The van der Waals surface area contributed by atoms with Gasteiger partial charge in [-0.05, 0) is 57.1 Å². The van der Waals surface area contributed by atoms with Crippen LogP contribution >= 0.6 is 11.3 Å². The molecule has 2 heteroatoms. The maximum absolute atomic E-state index is 6.81. The molecular formula is C43H26OS. The second kappa shape index (κ2) is 9.28. The third-order valence-corrected chi connectivity index (χ3v) is 11.0. The molecular weight excluding hydrogens is 565 g/mol. The molecule has 0 bridgehead atoms. The van der Waals surface area contributed by atoms with Gasteiger partial charge in [0.05, 0.1) is 5.41 Å². The van der Waals surface area contributed by atoms with Crippen molar-refractivity contribution in [2.24, 2.45) is 0 Å². The Bertz CT molecular complexity index is 2440. The summed E-state index contributed by atoms with van der Waals surface area (Å²) in [6.07, 6.45) is 0. The molecule has 0 unspecified atom stereocenters. The van der Waals surface area contributed by atoms with E-state index < -0.39 is 5.41 Å². The molecule has 45 heavy (non-hydrogen) atoms. The molecule has 7 aromatic carbocycles. The van der Waals surface area contributed by atoms with E-state index >= 15 is 0 Å². The van der Waals surface area contributed by atoms with Gasteiger partial charge in [-0.1, -0.05) is 140 Å². The summed E-state index contributed by atoms with van der Waals surface area (Å²) in [6.45, 7) is 0. The van der Waals surface area contributed by atoms with Crippen molar-refractivity contribution in [1.82, 2.24) is 0 Å². The van der Waals surface area contributed by atoms with E-state index in [-0.39, 0.29) is 0 Å². The highest BCUT2D eigenvalue weighted by Crippen LogP contribution is 2.62. The fraction of sp³-hybridized carbons (Fsp3) is 0.0233. The maximum atomic E-state index is 6.81. The first-order valence-corrected chi connectivity index (χ1v) is 16.3. The maximum Gasteiger partial charge on any atom is 0.132 e. The summed E-state index contributed by atoms with van der Waals surface area (Å²) in [5.41, 5.74) is 12.0. The molecule has 0 fully saturated rings. The average molecular weight is 591 g/mol. The lowest BCUT2D eigenvalue weighted by molar-refractivity contribution is 0.436. The Morgan fingerprint density at radius 3 is 1.78 bits per heavy atom. The molecule has 0 saturated carbocycles. The van der Waals surface area contributed by atoms with Crippen LogP contribution in [0.1, 0.15) is 22.3 Å². The fourth-order valence-corrected chi connectivity index (χ4v) is 9.19. The number of fused-ring (bicyclic) bond motifs is 12. The third kappa shape index (κ3) is 3.32. The van der Waals surface area contributed by atoms with Crippen LogP contribution in [0, 0.1) is 0 Å². The first-order valence-electron chi connectivity index (χ1n) is 15.4. The fourth-order valence-electron chi connectivity index (χ4n) is 7.96. The first kappa shape index (κ1) is 24.9. The minimum absolute atomic E-state index is 0.446. The summed E-state index contributed by atoms with van der Waals surface area (Å²) in [4.78, 5) is 0. The van der Waals surface area contributed by atoms with Crippen LogP contribution in [0.15, 0.2) is 158 Å². The lowest BCUT2D eigenvalue weighted by atomic mass is 9.66. The molecule has 10 rings (SSSR count). The highest BCUT2D eigenvalue weighted by molar-refractivity contribution is 7.26. The van der Waals surface area contributed by atoms with Crippen LogP contribution in [0.5, 0.6) is 11.5 Å². The van der Waals surface area contributed by atoms with Crippen molar-refractivity contribution < 1.29 is 4.74 Å². The Labute approximate surface area is 265 Å². The number of ether oxygens (including phenoxy) is 1. The van der Waals surface area contributed by atoms with Gasteiger partial charge in [-0.25, -0.2) is 0 Å². The van der Waals surface area contributed by atoms with Gasteiger partial charge in [-0.3, -0.25) is 0 Å². The molecule has 1 aromatic heterocycles. The minimum atomic E-state index is -0.446. The van der Waals surface area contributed by atoms with Gasteiger partial charge in [0.2, 0.25) is 0 Å². The quantitative estimate of drug-likeness (QED) is 0.195. The van der Waals surface area contributed by atoms with Crippen LogP contribution in [0.2, 0.25) is 0 Å². The molecule has 0 atom stereocenters. The molecule has 0 N–H and O–H groups in total. The predicted molar refractivity (Wildman–Crippen MR) is 188 cm³/mol. The van der Waals surface area contributed by atoms with Crippen molar-refractivity contribution in [2.45, 2.75) is 5.41 Å². The largest absolute Gasteiger partial charge is 0.457 e. The smallest absolute Gasteiger partial charge is 0.132 e. The second-order valence-electron chi connectivity index (χ2n) is 12.0. The standard InChI is InChI=1S/C43H26OS/c1-2-13-29(33-17-11-18-34-32-16-5-10-23-41(32)45-42(33)34)28(12-1)27-24-25-38-40(26-27)44-39-22-9-8-21-37(39)43(38)35-19-6-3-14-30(35)31-15-4-7-20-36(31)43/h1-26H. The van der Waals surface area contributed by atoms with Gasteiger partial charge < -0.3 is 4.74 Å². The second-order valence-corrected chi connectivity index (χ2v) is 13.0. The van der Waals surface area contributed by atoms with Gasteiger partial charge in [0, 0.05) is 36.9 Å². The molecule has 1 aliphatic carbocycles. The number of thiophene rings is 1. The van der Waals surface area contributed by atoms with E-state index in [1.807, 2.05) is 11.3 Å². The van der Waals surface area contributed by atoms with Crippen LogP contribution in [0.4, 0.5) is 0 Å². The Hall–Kier alpha value is -5.44. The van der Waals surface area contributed by atoms with E-state index in [0.717, 1.165) is 17.1 Å². The van der Waals surface area contributed by atoms with Crippen LogP contribution in [0.3, 0.4) is 0 Å². The monoisotopic (exact) mass is 590 g/mol. The molecule has 2 heterocycles. The van der Waals surface area contributed by atoms with E-state index in [9.17, 15) is 0 Å². The topological polar surface area (TPSA) is 9.23 Å². The van der Waals surface area contributed by atoms with E-state index in [0.29, 0.717) is 0 Å². The van der Waals surface area contributed by atoms with Crippen LogP contribution in [0.25, 0.3) is 53.6 Å². The zero-order valence-electron chi connectivity index (χ0n) is 24.3. The summed E-state index contributed by atoms with van der Waals surface area (Å²) >= 11 is 1.88. The predicted octanol–water partition coefficient (Wildman–Crippen LogP) is 11.9. The first-order chi connectivity index (χ1) is 22.3. The van der Waals surface area contributed by atoms with Gasteiger partial charge in [0.25, 0.3) is 0 Å². The van der Waals surface area contributed by atoms with Crippen molar-refractivity contribution in [3.8, 4) is 44.9 Å². The van der Waals surface area contributed by atoms with Crippen LogP contribution in [-0.2, 0) is 5.41 Å². The average Bonchev–Trinajstić information content (AvgIpc) is 3.63. The Morgan fingerprint density at radius 1 is 0.400 bits per heavy atom. The minimum Gasteiger partial charge on any atom is -0.457 e.